The number of hydrogen-bond acceptors (Lipinski definition) is 3. The third-order valence-corrected chi connectivity index (χ3v) is 6.53. The number of nitrogens with one attached hydrogen (secondary N) is 1. The van der Waals surface area contributed by atoms with Gasteiger partial charge in [-0.3, -0.25) is 9.69 Å². The maximum absolute atomic E-state index is 12.7. The summed E-state index contributed by atoms with van der Waals surface area (Å²) in [4.78, 5) is 15.2. The molecule has 3 aliphatic rings. The molecule has 3 heterocycles. The number of rotatable bonds is 2. The van der Waals surface area contributed by atoms with E-state index in [0.29, 0.717) is 6.04 Å². The van der Waals surface area contributed by atoms with Gasteiger partial charge in [0, 0.05) is 31.2 Å². The van der Waals surface area contributed by atoms with E-state index in [1.165, 1.54) is 16.7 Å². The van der Waals surface area contributed by atoms with E-state index in [1.807, 2.05) is 18.2 Å². The molecule has 2 aromatic rings. The molecule has 2 aromatic carbocycles. The number of fused-ring (bicyclic) bond motifs is 3. The van der Waals surface area contributed by atoms with Gasteiger partial charge in [0.15, 0.2) is 0 Å². The topological polar surface area (TPSA) is 41.6 Å². The van der Waals surface area contributed by atoms with Gasteiger partial charge in [0.1, 0.15) is 5.75 Å². The number of hydrogen-bond donors (Lipinski definition) is 1. The highest BCUT2D eigenvalue weighted by Gasteiger charge is 2.48. The van der Waals surface area contributed by atoms with Crippen molar-refractivity contribution in [3.8, 4) is 5.75 Å². The predicted molar refractivity (Wildman–Crippen MR) is 102 cm³/mol. The minimum Gasteiger partial charge on any atom is -0.493 e. The Labute approximate surface area is 154 Å². The fourth-order valence-corrected chi connectivity index (χ4v) is 4.82. The molecule has 4 nitrogen and oxygen atoms in total. The van der Waals surface area contributed by atoms with Crippen LogP contribution in [0.4, 0.5) is 5.69 Å². The van der Waals surface area contributed by atoms with Crippen molar-refractivity contribution in [2.24, 2.45) is 0 Å². The van der Waals surface area contributed by atoms with E-state index in [-0.39, 0.29) is 11.3 Å². The molecule has 1 atom stereocenters. The molecule has 26 heavy (non-hydrogen) atoms. The van der Waals surface area contributed by atoms with E-state index in [2.05, 4.69) is 41.4 Å². The van der Waals surface area contributed by atoms with Gasteiger partial charge >= 0.3 is 0 Å². The molecule has 1 N–H and O–H groups in total. The third-order valence-electron chi connectivity index (χ3n) is 6.53. The molecule has 0 unspecified atom stereocenters. The Kier molecular flexibility index (Phi) is 3.57. The highest BCUT2D eigenvalue weighted by atomic mass is 16.5. The summed E-state index contributed by atoms with van der Waals surface area (Å²) in [5.41, 5.74) is 4.46. The van der Waals surface area contributed by atoms with E-state index in [0.717, 1.165) is 50.4 Å². The lowest BCUT2D eigenvalue weighted by molar-refractivity contribution is -0.122. The SMILES string of the molecule is C[C@@H](c1ccc2c(c1)OCC2)N1CCC2(CC1)C(=O)Nc1ccccc12. The zero-order valence-corrected chi connectivity index (χ0v) is 15.1. The van der Waals surface area contributed by atoms with Crippen LogP contribution in [0, 0.1) is 0 Å². The van der Waals surface area contributed by atoms with Crippen LogP contribution in [0.15, 0.2) is 42.5 Å². The van der Waals surface area contributed by atoms with E-state index in [9.17, 15) is 4.79 Å². The molecule has 0 aromatic heterocycles. The van der Waals surface area contributed by atoms with Gasteiger partial charge in [-0.2, -0.15) is 0 Å². The van der Waals surface area contributed by atoms with Crippen LogP contribution in [-0.4, -0.2) is 30.5 Å². The molecular formula is C22H24N2O2. The molecule has 0 radical (unpaired) electrons. The molecule has 0 saturated carbocycles. The van der Waals surface area contributed by atoms with Crippen LogP contribution in [0.1, 0.15) is 42.5 Å². The van der Waals surface area contributed by atoms with Crippen molar-refractivity contribution < 1.29 is 9.53 Å². The minimum absolute atomic E-state index is 0.178. The van der Waals surface area contributed by atoms with Gasteiger partial charge in [-0.1, -0.05) is 30.3 Å². The van der Waals surface area contributed by atoms with Crippen LogP contribution >= 0.6 is 0 Å². The number of carbonyl (C=O) groups excluding carboxylic acids is 1. The summed E-state index contributed by atoms with van der Waals surface area (Å²) in [5.74, 6) is 1.23. The van der Waals surface area contributed by atoms with Crippen LogP contribution in [-0.2, 0) is 16.6 Å². The van der Waals surface area contributed by atoms with Gasteiger partial charge in [-0.15, -0.1) is 0 Å². The Balaban J connectivity index is 1.35. The zero-order chi connectivity index (χ0) is 17.7. The van der Waals surface area contributed by atoms with E-state index < -0.39 is 0 Å². The first-order chi connectivity index (χ1) is 12.7. The Morgan fingerprint density at radius 3 is 2.81 bits per heavy atom. The monoisotopic (exact) mass is 348 g/mol. The largest absolute Gasteiger partial charge is 0.493 e. The van der Waals surface area contributed by atoms with Gasteiger partial charge in [-0.05, 0) is 48.6 Å². The lowest BCUT2D eigenvalue weighted by Crippen LogP contribution is -2.47. The highest BCUT2D eigenvalue weighted by molar-refractivity contribution is 6.06. The van der Waals surface area contributed by atoms with Gasteiger partial charge in [-0.25, -0.2) is 0 Å². The summed E-state index contributed by atoms with van der Waals surface area (Å²) in [6.07, 6.45) is 2.77. The minimum atomic E-state index is -0.339. The van der Waals surface area contributed by atoms with Crippen LogP contribution in [0.3, 0.4) is 0 Å². The standard InChI is InChI=1S/C22H24N2O2/c1-15(17-7-6-16-8-13-26-20(16)14-17)24-11-9-22(10-12-24)18-4-2-3-5-19(18)23-21(22)25/h2-7,14-15H,8-13H2,1H3,(H,23,25)/t15-/m0/s1. The third kappa shape index (κ3) is 2.28. The van der Waals surface area contributed by atoms with Crippen molar-refractivity contribution in [1.82, 2.24) is 4.90 Å². The number of nitrogens with zero attached hydrogens (tertiary/aromatic N) is 1. The average molecular weight is 348 g/mol. The number of carbonyl (C=O) groups is 1. The lowest BCUT2D eigenvalue weighted by atomic mass is 9.73. The molecule has 1 spiro atoms. The molecule has 3 aliphatic heterocycles. The van der Waals surface area contributed by atoms with Crippen molar-refractivity contribution in [3.05, 3.63) is 59.2 Å². The Bertz CT molecular complexity index is 868. The number of ether oxygens (including phenoxy) is 1. The molecule has 1 fully saturated rings. The van der Waals surface area contributed by atoms with Gasteiger partial charge in [0.2, 0.25) is 5.91 Å². The molecule has 1 amide bonds. The highest BCUT2D eigenvalue weighted by Crippen LogP contribution is 2.46. The van der Waals surface area contributed by atoms with E-state index >= 15 is 0 Å². The summed E-state index contributed by atoms with van der Waals surface area (Å²) in [5, 5.41) is 3.09. The number of anilines is 1. The number of benzene rings is 2. The van der Waals surface area contributed by atoms with Crippen LogP contribution < -0.4 is 10.1 Å². The second kappa shape index (κ2) is 5.85. The summed E-state index contributed by atoms with van der Waals surface area (Å²) < 4.78 is 5.73. The zero-order valence-electron chi connectivity index (χ0n) is 15.1. The van der Waals surface area contributed by atoms with Crippen molar-refractivity contribution >= 4 is 11.6 Å². The maximum Gasteiger partial charge on any atom is 0.235 e. The molecule has 1 saturated heterocycles. The second-order valence-electron chi connectivity index (χ2n) is 7.76. The first kappa shape index (κ1) is 15.9. The second-order valence-corrected chi connectivity index (χ2v) is 7.76. The predicted octanol–water partition coefficient (Wildman–Crippen LogP) is 3.67. The Morgan fingerprint density at radius 2 is 1.96 bits per heavy atom. The van der Waals surface area contributed by atoms with Gasteiger partial charge in [0.25, 0.3) is 0 Å². The van der Waals surface area contributed by atoms with Crippen LogP contribution in [0.5, 0.6) is 5.75 Å². The molecule has 0 aliphatic carbocycles. The van der Waals surface area contributed by atoms with Crippen molar-refractivity contribution in [3.63, 3.8) is 0 Å². The van der Waals surface area contributed by atoms with Crippen LogP contribution in [0.2, 0.25) is 0 Å². The smallest absolute Gasteiger partial charge is 0.235 e. The summed E-state index contributed by atoms with van der Waals surface area (Å²) >= 11 is 0. The molecule has 134 valence electrons. The fourth-order valence-electron chi connectivity index (χ4n) is 4.82. The molecular weight excluding hydrogens is 324 g/mol. The number of amides is 1. The maximum atomic E-state index is 12.7. The Morgan fingerprint density at radius 1 is 1.15 bits per heavy atom. The van der Waals surface area contributed by atoms with Crippen molar-refractivity contribution in [2.75, 3.05) is 25.0 Å². The van der Waals surface area contributed by atoms with Crippen molar-refractivity contribution in [1.29, 1.82) is 0 Å². The lowest BCUT2D eigenvalue weighted by Gasteiger charge is -2.40. The van der Waals surface area contributed by atoms with Gasteiger partial charge < -0.3 is 10.1 Å². The first-order valence-electron chi connectivity index (χ1n) is 9.58. The quantitative estimate of drug-likeness (QED) is 0.900. The summed E-state index contributed by atoms with van der Waals surface area (Å²) in [6.45, 7) is 4.92. The Hall–Kier alpha value is -2.33. The molecule has 0 bridgehead atoms. The normalized spacial score (nSPS) is 21.8. The van der Waals surface area contributed by atoms with E-state index in [1.54, 1.807) is 0 Å². The fraction of sp³-hybridized carbons (Fsp3) is 0.409. The average Bonchev–Trinajstić information content (AvgIpc) is 3.25. The van der Waals surface area contributed by atoms with Crippen molar-refractivity contribution in [2.45, 2.75) is 37.6 Å². The number of likely N-dealkylation sites (tertiary alicyclic amines) is 1. The molecule has 4 heteroatoms. The van der Waals surface area contributed by atoms with E-state index in [4.69, 9.17) is 4.74 Å². The number of piperidine rings is 1. The summed E-state index contributed by atoms with van der Waals surface area (Å²) in [7, 11) is 0. The number of para-hydroxylation sites is 1. The van der Waals surface area contributed by atoms with Gasteiger partial charge in [0.05, 0.1) is 12.0 Å². The molecule has 5 rings (SSSR count). The first-order valence-corrected chi connectivity index (χ1v) is 9.58. The van der Waals surface area contributed by atoms with Crippen LogP contribution in [0.25, 0.3) is 0 Å². The summed E-state index contributed by atoms with van der Waals surface area (Å²) in [6, 6.07) is 15.1.